The molecule has 1 aliphatic carbocycles. The Bertz CT molecular complexity index is 3460. The van der Waals surface area contributed by atoms with E-state index in [2.05, 4.69) is 224 Å². The van der Waals surface area contributed by atoms with E-state index in [0.717, 1.165) is 50.1 Å². The first-order valence-electron chi connectivity index (χ1n) is 20.8. The smallest absolute Gasteiger partial charge is 0.136 e. The van der Waals surface area contributed by atoms with Crippen LogP contribution in [0.25, 0.3) is 82.8 Å². The zero-order chi connectivity index (χ0) is 40.0. The predicted molar refractivity (Wildman–Crippen MR) is 251 cm³/mol. The maximum absolute atomic E-state index is 6.32. The average Bonchev–Trinajstić information content (AvgIpc) is 3.92. The quantitative estimate of drug-likeness (QED) is 0.168. The van der Waals surface area contributed by atoms with E-state index in [0.29, 0.717) is 0 Å². The van der Waals surface area contributed by atoms with Gasteiger partial charge in [0.1, 0.15) is 11.2 Å². The van der Waals surface area contributed by atoms with Gasteiger partial charge >= 0.3 is 0 Å². The Balaban J connectivity index is 0.996. The molecular formula is C57H40N2O. The zero-order valence-electron chi connectivity index (χ0n) is 33.4. The molecular weight excluding hydrogens is 729 g/mol. The van der Waals surface area contributed by atoms with Gasteiger partial charge in [-0.15, -0.1) is 0 Å². The molecule has 0 saturated carbocycles. The van der Waals surface area contributed by atoms with Crippen molar-refractivity contribution in [2.24, 2.45) is 0 Å². The van der Waals surface area contributed by atoms with E-state index < -0.39 is 0 Å². The van der Waals surface area contributed by atoms with Crippen molar-refractivity contribution in [2.45, 2.75) is 19.3 Å². The van der Waals surface area contributed by atoms with E-state index in [-0.39, 0.29) is 5.41 Å². The highest BCUT2D eigenvalue weighted by atomic mass is 16.3. The van der Waals surface area contributed by atoms with Crippen molar-refractivity contribution in [1.29, 1.82) is 0 Å². The SMILES string of the molecule is CC1(C)c2ccccc2-c2ccc(N(c3ccc(-c4ccc5c(c4)c4ccccc4n5-c4ccccc4)cc3)c3cccc(-c4cccc5oc6ccccc6c45)c3)cc21. The number of nitrogens with zero attached hydrogens (tertiary/aromatic N) is 2. The van der Waals surface area contributed by atoms with Crippen LogP contribution in [0.5, 0.6) is 0 Å². The van der Waals surface area contributed by atoms with Gasteiger partial charge in [0.15, 0.2) is 0 Å². The summed E-state index contributed by atoms with van der Waals surface area (Å²) in [6, 6.07) is 74.9. The molecule has 1 aliphatic rings. The number of hydrogen-bond donors (Lipinski definition) is 0. The van der Waals surface area contributed by atoms with Gasteiger partial charge in [-0.05, 0) is 123 Å². The van der Waals surface area contributed by atoms with E-state index >= 15 is 0 Å². The number of rotatable bonds is 6. The highest BCUT2D eigenvalue weighted by molar-refractivity contribution is 6.13. The molecule has 60 heavy (non-hydrogen) atoms. The van der Waals surface area contributed by atoms with Crippen molar-refractivity contribution in [2.75, 3.05) is 4.90 Å². The molecule has 0 amide bonds. The fourth-order valence-electron chi connectivity index (χ4n) is 9.92. The first-order valence-corrected chi connectivity index (χ1v) is 20.8. The molecule has 9 aromatic carbocycles. The summed E-state index contributed by atoms with van der Waals surface area (Å²) < 4.78 is 8.69. The maximum Gasteiger partial charge on any atom is 0.136 e. The van der Waals surface area contributed by atoms with Crippen molar-refractivity contribution in [3.8, 4) is 39.1 Å². The molecule has 3 nitrogen and oxygen atoms in total. The molecule has 0 atom stereocenters. The molecule has 0 fully saturated rings. The third kappa shape index (κ3) is 5.22. The second kappa shape index (κ2) is 13.2. The molecule has 0 spiro atoms. The molecule has 0 bridgehead atoms. The lowest BCUT2D eigenvalue weighted by molar-refractivity contribution is 0.660. The summed E-state index contributed by atoms with van der Waals surface area (Å²) in [5.41, 5.74) is 18.6. The summed E-state index contributed by atoms with van der Waals surface area (Å²) in [5, 5.41) is 4.77. The molecule has 0 saturated heterocycles. The summed E-state index contributed by atoms with van der Waals surface area (Å²) in [4.78, 5) is 2.41. The van der Waals surface area contributed by atoms with Crippen LogP contribution in [0.15, 0.2) is 211 Å². The Hall–Kier alpha value is -7.62. The van der Waals surface area contributed by atoms with Crippen LogP contribution >= 0.6 is 0 Å². The van der Waals surface area contributed by atoms with Gasteiger partial charge in [-0.25, -0.2) is 0 Å². The van der Waals surface area contributed by atoms with Gasteiger partial charge in [-0.2, -0.15) is 0 Å². The Labute approximate surface area is 349 Å². The van der Waals surface area contributed by atoms with Crippen molar-refractivity contribution in [3.05, 3.63) is 217 Å². The number of hydrogen-bond acceptors (Lipinski definition) is 2. The lowest BCUT2D eigenvalue weighted by Crippen LogP contribution is -2.16. The Morgan fingerprint density at radius 1 is 0.400 bits per heavy atom. The molecule has 12 rings (SSSR count). The third-order valence-electron chi connectivity index (χ3n) is 12.8. The van der Waals surface area contributed by atoms with Gasteiger partial charge in [0, 0.05) is 49.7 Å². The van der Waals surface area contributed by atoms with Crippen LogP contribution in [0.4, 0.5) is 17.1 Å². The summed E-state index contributed by atoms with van der Waals surface area (Å²) in [7, 11) is 0. The topological polar surface area (TPSA) is 21.3 Å². The number of anilines is 3. The van der Waals surface area contributed by atoms with Crippen LogP contribution in [0.2, 0.25) is 0 Å². The number of benzene rings is 9. The van der Waals surface area contributed by atoms with Crippen LogP contribution in [0.1, 0.15) is 25.0 Å². The first-order chi connectivity index (χ1) is 29.5. The number of para-hydroxylation sites is 3. The van der Waals surface area contributed by atoms with Crippen LogP contribution in [0, 0.1) is 0 Å². The van der Waals surface area contributed by atoms with Gasteiger partial charge in [0.2, 0.25) is 0 Å². The van der Waals surface area contributed by atoms with Crippen LogP contribution in [-0.4, -0.2) is 4.57 Å². The van der Waals surface area contributed by atoms with Gasteiger partial charge < -0.3 is 13.9 Å². The molecule has 284 valence electrons. The standard InChI is InChI=1S/C57H40N2O/c1-57(2)50-22-9-6-18-45(50)46-32-31-43(36-51(46)57)58(42-17-12-14-39(34-42)44-21-13-25-55-56(44)48-20-8-11-24-54(48)60-55)41-29-26-37(27-30-41)38-28-33-53-49(35-38)47-19-7-10-23-52(47)59(53)40-15-4-3-5-16-40/h3-36H,1-2H3. The minimum Gasteiger partial charge on any atom is -0.456 e. The summed E-state index contributed by atoms with van der Waals surface area (Å²) in [5.74, 6) is 0. The average molecular weight is 769 g/mol. The van der Waals surface area contributed by atoms with E-state index in [1.165, 1.54) is 60.9 Å². The largest absolute Gasteiger partial charge is 0.456 e. The lowest BCUT2D eigenvalue weighted by atomic mass is 9.82. The second-order valence-electron chi connectivity index (χ2n) is 16.5. The summed E-state index contributed by atoms with van der Waals surface area (Å²) in [6.07, 6.45) is 0. The van der Waals surface area contributed by atoms with Crippen molar-refractivity contribution in [3.63, 3.8) is 0 Å². The van der Waals surface area contributed by atoms with Crippen LogP contribution in [-0.2, 0) is 5.41 Å². The van der Waals surface area contributed by atoms with E-state index in [1.807, 2.05) is 6.07 Å². The maximum atomic E-state index is 6.32. The van der Waals surface area contributed by atoms with Gasteiger partial charge in [-0.1, -0.05) is 141 Å². The molecule has 2 aromatic heterocycles. The van der Waals surface area contributed by atoms with E-state index in [1.54, 1.807) is 0 Å². The van der Waals surface area contributed by atoms with Crippen molar-refractivity contribution in [1.82, 2.24) is 4.57 Å². The molecule has 3 heteroatoms. The summed E-state index contributed by atoms with van der Waals surface area (Å²) >= 11 is 0. The molecule has 0 N–H and O–H groups in total. The highest BCUT2D eigenvalue weighted by Crippen LogP contribution is 2.51. The minimum absolute atomic E-state index is 0.125. The van der Waals surface area contributed by atoms with Crippen molar-refractivity contribution >= 4 is 60.8 Å². The first kappa shape index (κ1) is 34.4. The van der Waals surface area contributed by atoms with Gasteiger partial charge in [-0.3, -0.25) is 0 Å². The molecule has 11 aromatic rings. The highest BCUT2D eigenvalue weighted by Gasteiger charge is 2.35. The normalized spacial score (nSPS) is 13.0. The Kier molecular flexibility index (Phi) is 7.58. The Morgan fingerprint density at radius 3 is 1.93 bits per heavy atom. The number of furan rings is 1. The van der Waals surface area contributed by atoms with Gasteiger partial charge in [0.05, 0.1) is 11.0 Å². The zero-order valence-corrected chi connectivity index (χ0v) is 33.4. The number of aromatic nitrogens is 1. The van der Waals surface area contributed by atoms with E-state index in [4.69, 9.17) is 4.42 Å². The van der Waals surface area contributed by atoms with Crippen molar-refractivity contribution < 1.29 is 4.42 Å². The number of fused-ring (bicyclic) bond motifs is 9. The van der Waals surface area contributed by atoms with Crippen LogP contribution in [0.3, 0.4) is 0 Å². The third-order valence-corrected chi connectivity index (χ3v) is 12.8. The Morgan fingerprint density at radius 2 is 1.05 bits per heavy atom. The summed E-state index contributed by atoms with van der Waals surface area (Å²) in [6.45, 7) is 4.70. The second-order valence-corrected chi connectivity index (χ2v) is 16.5. The fraction of sp³-hybridized carbons (Fsp3) is 0.0526. The molecule has 0 unspecified atom stereocenters. The van der Waals surface area contributed by atoms with Crippen LogP contribution < -0.4 is 4.90 Å². The predicted octanol–water partition coefficient (Wildman–Crippen LogP) is 15.8. The molecule has 0 radical (unpaired) electrons. The van der Waals surface area contributed by atoms with E-state index in [9.17, 15) is 0 Å². The fourth-order valence-corrected chi connectivity index (χ4v) is 9.92. The van der Waals surface area contributed by atoms with Gasteiger partial charge in [0.25, 0.3) is 0 Å². The molecule has 2 heterocycles. The molecule has 0 aliphatic heterocycles. The lowest BCUT2D eigenvalue weighted by Gasteiger charge is -2.28. The monoisotopic (exact) mass is 768 g/mol. The minimum atomic E-state index is -0.125.